The zero-order chi connectivity index (χ0) is 9.19. The predicted octanol–water partition coefficient (Wildman–Crippen LogP) is 2.81. The molecule has 0 radical (unpaired) electrons. The normalized spacial score (nSPS) is 22.8. The van der Waals surface area contributed by atoms with Crippen LogP contribution in [0.5, 0.6) is 0 Å². The highest BCUT2D eigenvalue weighted by Gasteiger charge is 2.29. The Kier molecular flexibility index (Phi) is 3.16. The largest absolute Gasteiger partial charge is 0.313 e. The molecule has 1 aliphatic rings. The number of nitrogens with one attached hydrogen (secondary N) is 1. The van der Waals surface area contributed by atoms with Crippen LogP contribution in [0.25, 0.3) is 0 Å². The summed E-state index contributed by atoms with van der Waals surface area (Å²) in [6.45, 7) is 10.6. The maximum atomic E-state index is 3.63. The van der Waals surface area contributed by atoms with Gasteiger partial charge in [-0.15, -0.1) is 0 Å². The quantitative estimate of drug-likeness (QED) is 0.667. The molecule has 72 valence electrons. The van der Waals surface area contributed by atoms with E-state index in [-0.39, 0.29) is 0 Å². The molecule has 0 bridgehead atoms. The third kappa shape index (κ3) is 2.48. The minimum Gasteiger partial charge on any atom is -0.313 e. The summed E-state index contributed by atoms with van der Waals surface area (Å²) in [6.07, 6.45) is 4.08. The first kappa shape index (κ1) is 10.0. The lowest BCUT2D eigenvalue weighted by atomic mass is 9.77. The standard InChI is InChI=1S/C11H23N/c1-5-11(4,9(2)3)8-12-10-6-7-10/h9-10,12H,5-8H2,1-4H3. The average Bonchev–Trinajstić information content (AvgIpc) is 2.83. The van der Waals surface area contributed by atoms with Crippen LogP contribution < -0.4 is 5.32 Å². The summed E-state index contributed by atoms with van der Waals surface area (Å²) in [7, 11) is 0. The summed E-state index contributed by atoms with van der Waals surface area (Å²) >= 11 is 0. The second kappa shape index (κ2) is 3.78. The maximum absolute atomic E-state index is 3.63. The van der Waals surface area contributed by atoms with Gasteiger partial charge in [0.1, 0.15) is 0 Å². The van der Waals surface area contributed by atoms with Crippen LogP contribution in [0.15, 0.2) is 0 Å². The van der Waals surface area contributed by atoms with Gasteiger partial charge in [0.25, 0.3) is 0 Å². The number of rotatable bonds is 5. The Morgan fingerprint density at radius 2 is 2.00 bits per heavy atom. The van der Waals surface area contributed by atoms with Gasteiger partial charge in [0.15, 0.2) is 0 Å². The summed E-state index contributed by atoms with van der Waals surface area (Å²) in [5.41, 5.74) is 0.503. The molecule has 1 unspecified atom stereocenters. The van der Waals surface area contributed by atoms with Crippen molar-refractivity contribution in [1.29, 1.82) is 0 Å². The summed E-state index contributed by atoms with van der Waals surface area (Å²) in [4.78, 5) is 0. The van der Waals surface area contributed by atoms with Gasteiger partial charge in [-0.3, -0.25) is 0 Å². The van der Waals surface area contributed by atoms with Gasteiger partial charge in [-0.25, -0.2) is 0 Å². The van der Waals surface area contributed by atoms with Crippen molar-refractivity contribution in [1.82, 2.24) is 5.32 Å². The molecule has 0 aromatic heterocycles. The lowest BCUT2D eigenvalue weighted by Gasteiger charge is -2.33. The van der Waals surface area contributed by atoms with Crippen LogP contribution >= 0.6 is 0 Å². The van der Waals surface area contributed by atoms with Gasteiger partial charge in [-0.1, -0.05) is 27.7 Å². The molecular formula is C11H23N. The molecule has 1 atom stereocenters. The Hall–Kier alpha value is -0.0400. The molecule has 12 heavy (non-hydrogen) atoms. The molecule has 0 aromatic carbocycles. The molecule has 1 rings (SSSR count). The lowest BCUT2D eigenvalue weighted by molar-refractivity contribution is 0.199. The molecule has 1 N–H and O–H groups in total. The van der Waals surface area contributed by atoms with Crippen LogP contribution in [0.2, 0.25) is 0 Å². The van der Waals surface area contributed by atoms with Crippen LogP contribution in [-0.4, -0.2) is 12.6 Å². The molecule has 0 aromatic rings. The van der Waals surface area contributed by atoms with Gasteiger partial charge >= 0.3 is 0 Å². The molecule has 1 saturated carbocycles. The summed E-state index contributed by atoms with van der Waals surface area (Å²) in [5.74, 6) is 0.786. The maximum Gasteiger partial charge on any atom is 0.00684 e. The van der Waals surface area contributed by atoms with E-state index in [0.717, 1.165) is 12.0 Å². The van der Waals surface area contributed by atoms with E-state index in [9.17, 15) is 0 Å². The molecule has 0 heterocycles. The fourth-order valence-corrected chi connectivity index (χ4v) is 1.40. The molecule has 1 heteroatoms. The minimum absolute atomic E-state index is 0.503. The van der Waals surface area contributed by atoms with Gasteiger partial charge in [-0.05, 0) is 30.6 Å². The van der Waals surface area contributed by atoms with Crippen molar-refractivity contribution < 1.29 is 0 Å². The van der Waals surface area contributed by atoms with Gasteiger partial charge in [0.2, 0.25) is 0 Å². The van der Waals surface area contributed by atoms with Crippen molar-refractivity contribution in [2.75, 3.05) is 6.54 Å². The smallest absolute Gasteiger partial charge is 0.00684 e. The molecule has 0 amide bonds. The highest BCUT2D eigenvalue weighted by Crippen LogP contribution is 2.31. The first-order valence-corrected chi connectivity index (χ1v) is 5.32. The minimum atomic E-state index is 0.503. The Labute approximate surface area is 76.9 Å². The Balaban J connectivity index is 2.30. The lowest BCUT2D eigenvalue weighted by Crippen LogP contribution is -2.36. The van der Waals surface area contributed by atoms with Gasteiger partial charge in [0.05, 0.1) is 0 Å². The summed E-state index contributed by atoms with van der Waals surface area (Å²) in [5, 5.41) is 3.63. The van der Waals surface area contributed by atoms with Crippen molar-refractivity contribution in [3.05, 3.63) is 0 Å². The number of hydrogen-bond donors (Lipinski definition) is 1. The van der Waals surface area contributed by atoms with Crippen LogP contribution in [0.3, 0.4) is 0 Å². The van der Waals surface area contributed by atoms with Crippen LogP contribution in [0.1, 0.15) is 47.0 Å². The van der Waals surface area contributed by atoms with Crippen molar-refractivity contribution in [2.45, 2.75) is 53.0 Å². The Morgan fingerprint density at radius 1 is 1.42 bits per heavy atom. The van der Waals surface area contributed by atoms with Crippen molar-refractivity contribution >= 4 is 0 Å². The zero-order valence-corrected chi connectivity index (χ0v) is 8.98. The predicted molar refractivity (Wildman–Crippen MR) is 54.3 cm³/mol. The van der Waals surface area contributed by atoms with E-state index in [0.29, 0.717) is 5.41 Å². The van der Waals surface area contributed by atoms with E-state index in [1.807, 2.05) is 0 Å². The van der Waals surface area contributed by atoms with E-state index in [1.54, 1.807) is 0 Å². The third-order valence-electron chi connectivity index (χ3n) is 3.57. The second-order valence-corrected chi connectivity index (χ2v) is 4.82. The average molecular weight is 169 g/mol. The monoisotopic (exact) mass is 169 g/mol. The van der Waals surface area contributed by atoms with Crippen LogP contribution in [0, 0.1) is 11.3 Å². The molecule has 1 nitrogen and oxygen atoms in total. The van der Waals surface area contributed by atoms with Crippen molar-refractivity contribution in [3.8, 4) is 0 Å². The molecule has 0 aliphatic heterocycles. The SMILES string of the molecule is CCC(C)(CNC1CC1)C(C)C. The highest BCUT2D eigenvalue weighted by molar-refractivity contribution is 4.86. The fourth-order valence-electron chi connectivity index (χ4n) is 1.40. The van der Waals surface area contributed by atoms with Crippen LogP contribution in [-0.2, 0) is 0 Å². The van der Waals surface area contributed by atoms with Crippen molar-refractivity contribution in [3.63, 3.8) is 0 Å². The van der Waals surface area contributed by atoms with E-state index < -0.39 is 0 Å². The topological polar surface area (TPSA) is 12.0 Å². The summed E-state index contributed by atoms with van der Waals surface area (Å²) in [6, 6.07) is 0.856. The van der Waals surface area contributed by atoms with Crippen LogP contribution in [0.4, 0.5) is 0 Å². The number of hydrogen-bond acceptors (Lipinski definition) is 1. The fraction of sp³-hybridized carbons (Fsp3) is 1.00. The zero-order valence-electron chi connectivity index (χ0n) is 8.98. The third-order valence-corrected chi connectivity index (χ3v) is 3.57. The first-order valence-electron chi connectivity index (χ1n) is 5.32. The molecule has 1 aliphatic carbocycles. The van der Waals surface area contributed by atoms with Gasteiger partial charge in [-0.2, -0.15) is 0 Å². The summed E-state index contributed by atoms with van der Waals surface area (Å²) < 4.78 is 0. The van der Waals surface area contributed by atoms with E-state index in [4.69, 9.17) is 0 Å². The van der Waals surface area contributed by atoms with E-state index >= 15 is 0 Å². The molecule has 1 fully saturated rings. The molecule has 0 saturated heterocycles. The molecular weight excluding hydrogens is 146 g/mol. The van der Waals surface area contributed by atoms with E-state index in [2.05, 4.69) is 33.0 Å². The Bertz CT molecular complexity index is 138. The Morgan fingerprint density at radius 3 is 2.33 bits per heavy atom. The highest BCUT2D eigenvalue weighted by atomic mass is 15.0. The first-order chi connectivity index (χ1) is 5.58. The van der Waals surface area contributed by atoms with Gasteiger partial charge < -0.3 is 5.32 Å². The molecule has 0 spiro atoms. The van der Waals surface area contributed by atoms with E-state index in [1.165, 1.54) is 25.8 Å². The second-order valence-electron chi connectivity index (χ2n) is 4.82. The van der Waals surface area contributed by atoms with Crippen molar-refractivity contribution in [2.24, 2.45) is 11.3 Å². The van der Waals surface area contributed by atoms with Gasteiger partial charge in [0, 0.05) is 12.6 Å².